The Morgan fingerprint density at radius 1 is 0.793 bits per heavy atom. The van der Waals surface area contributed by atoms with Gasteiger partial charge in [0.25, 0.3) is 10.1 Å². The minimum atomic E-state index is -5.11. The van der Waals surface area contributed by atoms with E-state index in [1.807, 2.05) is 0 Å². The summed E-state index contributed by atoms with van der Waals surface area (Å²) in [6, 6.07) is 11.7. The van der Waals surface area contributed by atoms with E-state index < -0.39 is 31.4 Å². The topological polar surface area (TPSA) is 94.8 Å². The van der Waals surface area contributed by atoms with Gasteiger partial charge in [-0.15, -0.1) is 0 Å². The second-order valence-electron chi connectivity index (χ2n) is 6.12. The molecule has 0 spiro atoms. The Hall–Kier alpha value is -1.67. The molecule has 5 nitrogen and oxygen atoms in total. The van der Waals surface area contributed by atoms with Crippen LogP contribution in [0.3, 0.4) is 0 Å². The van der Waals surface area contributed by atoms with E-state index in [4.69, 9.17) is 46.4 Å². The summed E-state index contributed by atoms with van der Waals surface area (Å²) in [4.78, 5) is 0. The monoisotopic (exact) mass is 492 g/mol. The lowest BCUT2D eigenvalue weighted by Crippen LogP contribution is -2.39. The zero-order valence-electron chi connectivity index (χ0n) is 14.3. The summed E-state index contributed by atoms with van der Waals surface area (Å²) < 4.78 is 34.0. The van der Waals surface area contributed by atoms with Crippen LogP contribution in [0.5, 0.6) is 11.5 Å². The first kappa shape index (κ1) is 22.0. The van der Waals surface area contributed by atoms with Crippen LogP contribution < -0.4 is 0 Å². The average molecular weight is 494 g/mol. The van der Waals surface area contributed by atoms with Crippen LogP contribution in [0, 0.1) is 0 Å². The SMILES string of the molecule is O=S(=O)(O)C(c1cc(Cl)cc(Cl)c1)(c1ccccc1Cl)c1cc(O)cc(O)c1Cl. The summed E-state index contributed by atoms with van der Waals surface area (Å²) in [5, 5.41) is 19.9. The molecule has 3 rings (SSSR count). The summed E-state index contributed by atoms with van der Waals surface area (Å²) in [6.07, 6.45) is 0. The molecule has 0 aromatic heterocycles. The predicted octanol–water partition coefficient (Wildman–Crippen LogP) is 5.89. The Kier molecular flexibility index (Phi) is 5.98. The highest BCUT2D eigenvalue weighted by Crippen LogP contribution is 2.51. The summed E-state index contributed by atoms with van der Waals surface area (Å²) >= 11 is 24.8. The molecule has 3 aromatic rings. The second-order valence-corrected chi connectivity index (χ2v) is 9.34. The predicted molar refractivity (Wildman–Crippen MR) is 114 cm³/mol. The lowest BCUT2D eigenvalue weighted by molar-refractivity contribution is 0.444. The van der Waals surface area contributed by atoms with Gasteiger partial charge in [0.05, 0.1) is 5.02 Å². The standard InChI is InChI=1S/C19H12Cl4O5S/c20-11-5-10(6-12(21)7-11)19(29(26,27)28,14-3-1-2-4-16(14)22)15-8-13(24)9-17(25)18(15)23/h1-9,24-25H,(H,26,27,28). The molecule has 3 aromatic carbocycles. The van der Waals surface area contributed by atoms with Crippen molar-refractivity contribution in [3.63, 3.8) is 0 Å². The van der Waals surface area contributed by atoms with Crippen molar-refractivity contribution in [1.82, 2.24) is 0 Å². The molecule has 0 saturated heterocycles. The van der Waals surface area contributed by atoms with Gasteiger partial charge in [0.15, 0.2) is 4.75 Å². The molecule has 0 saturated carbocycles. The van der Waals surface area contributed by atoms with Gasteiger partial charge in [-0.05, 0) is 35.9 Å². The third kappa shape index (κ3) is 3.77. The van der Waals surface area contributed by atoms with Gasteiger partial charge >= 0.3 is 0 Å². The fourth-order valence-corrected chi connectivity index (χ4v) is 5.71. The van der Waals surface area contributed by atoms with Gasteiger partial charge in [0, 0.05) is 32.3 Å². The third-order valence-electron chi connectivity index (χ3n) is 4.33. The van der Waals surface area contributed by atoms with Crippen LogP contribution in [0.25, 0.3) is 0 Å². The van der Waals surface area contributed by atoms with E-state index in [2.05, 4.69) is 0 Å². The van der Waals surface area contributed by atoms with Crippen LogP contribution in [0.1, 0.15) is 16.7 Å². The Bertz CT molecular complexity index is 1190. The van der Waals surface area contributed by atoms with E-state index in [1.165, 1.54) is 36.4 Å². The Morgan fingerprint density at radius 3 is 1.93 bits per heavy atom. The highest BCUT2D eigenvalue weighted by atomic mass is 35.5. The van der Waals surface area contributed by atoms with E-state index >= 15 is 0 Å². The van der Waals surface area contributed by atoms with Crippen molar-refractivity contribution in [1.29, 1.82) is 0 Å². The highest BCUT2D eigenvalue weighted by molar-refractivity contribution is 7.87. The number of phenols is 2. The fourth-order valence-electron chi connectivity index (χ4n) is 3.24. The maximum absolute atomic E-state index is 13.0. The molecule has 0 aliphatic heterocycles. The first-order chi connectivity index (χ1) is 13.5. The molecule has 0 bridgehead atoms. The number of hydrogen-bond donors (Lipinski definition) is 3. The van der Waals surface area contributed by atoms with Gasteiger partial charge in [-0.2, -0.15) is 8.42 Å². The summed E-state index contributed by atoms with van der Waals surface area (Å²) in [5.74, 6) is -1.09. The van der Waals surface area contributed by atoms with Crippen LogP contribution in [-0.4, -0.2) is 23.2 Å². The van der Waals surface area contributed by atoms with Gasteiger partial charge in [-0.25, -0.2) is 0 Å². The van der Waals surface area contributed by atoms with Gasteiger partial charge in [-0.3, -0.25) is 4.55 Å². The number of phenolic OH excluding ortho intramolecular Hbond substituents is 2. The van der Waals surface area contributed by atoms with Gasteiger partial charge in [-0.1, -0.05) is 64.6 Å². The number of benzene rings is 3. The van der Waals surface area contributed by atoms with Crippen LogP contribution in [0.4, 0.5) is 0 Å². The molecule has 0 heterocycles. The molecule has 0 radical (unpaired) electrons. The van der Waals surface area contributed by atoms with Crippen molar-refractivity contribution in [3.05, 3.63) is 91.4 Å². The zero-order chi connectivity index (χ0) is 21.6. The van der Waals surface area contributed by atoms with Gasteiger partial charge in [0.1, 0.15) is 11.5 Å². The Labute approximate surface area is 186 Å². The molecule has 0 aliphatic carbocycles. The summed E-state index contributed by atoms with van der Waals surface area (Å²) in [6.45, 7) is 0. The highest BCUT2D eigenvalue weighted by Gasteiger charge is 2.51. The molecule has 152 valence electrons. The summed E-state index contributed by atoms with van der Waals surface area (Å²) in [7, 11) is -5.11. The van der Waals surface area contributed by atoms with Crippen molar-refractivity contribution < 1.29 is 23.2 Å². The van der Waals surface area contributed by atoms with E-state index in [1.54, 1.807) is 6.07 Å². The lowest BCUT2D eigenvalue weighted by Gasteiger charge is -2.34. The zero-order valence-corrected chi connectivity index (χ0v) is 18.1. The van der Waals surface area contributed by atoms with Gasteiger partial charge in [0.2, 0.25) is 0 Å². The molecular formula is C19H12Cl4O5S. The molecular weight excluding hydrogens is 482 g/mol. The largest absolute Gasteiger partial charge is 0.508 e. The first-order valence-electron chi connectivity index (χ1n) is 7.89. The van der Waals surface area contributed by atoms with Crippen molar-refractivity contribution in [2.24, 2.45) is 0 Å². The second kappa shape index (κ2) is 7.87. The van der Waals surface area contributed by atoms with Crippen molar-refractivity contribution >= 4 is 56.5 Å². The quantitative estimate of drug-likeness (QED) is 0.311. The third-order valence-corrected chi connectivity index (χ3v) is 6.94. The van der Waals surface area contributed by atoms with E-state index in [9.17, 15) is 23.2 Å². The number of aromatic hydroxyl groups is 2. The van der Waals surface area contributed by atoms with Gasteiger partial charge < -0.3 is 10.2 Å². The number of halogens is 4. The average Bonchev–Trinajstić information content (AvgIpc) is 2.59. The number of hydrogen-bond acceptors (Lipinski definition) is 4. The van der Waals surface area contributed by atoms with E-state index in [0.717, 1.165) is 12.1 Å². The maximum atomic E-state index is 13.0. The van der Waals surface area contributed by atoms with Crippen LogP contribution >= 0.6 is 46.4 Å². The molecule has 0 aliphatic rings. The minimum absolute atomic E-state index is 0.0277. The lowest BCUT2D eigenvalue weighted by atomic mass is 9.83. The molecule has 29 heavy (non-hydrogen) atoms. The Balaban J connectivity index is 2.65. The van der Waals surface area contributed by atoms with Crippen LogP contribution in [0.15, 0.2) is 54.6 Å². The van der Waals surface area contributed by atoms with Crippen molar-refractivity contribution in [2.75, 3.05) is 0 Å². The molecule has 0 fully saturated rings. The van der Waals surface area contributed by atoms with Crippen molar-refractivity contribution in [3.8, 4) is 11.5 Å². The molecule has 3 N–H and O–H groups in total. The maximum Gasteiger partial charge on any atom is 0.283 e. The smallest absolute Gasteiger partial charge is 0.283 e. The normalized spacial score (nSPS) is 13.8. The van der Waals surface area contributed by atoms with Crippen molar-refractivity contribution in [2.45, 2.75) is 4.75 Å². The molecule has 1 atom stereocenters. The summed E-state index contributed by atoms with van der Waals surface area (Å²) in [5.41, 5.74) is -0.530. The van der Waals surface area contributed by atoms with E-state index in [-0.39, 0.29) is 31.8 Å². The number of rotatable bonds is 4. The molecule has 0 amide bonds. The molecule has 10 heteroatoms. The Morgan fingerprint density at radius 2 is 1.38 bits per heavy atom. The first-order valence-corrected chi connectivity index (χ1v) is 10.8. The van der Waals surface area contributed by atoms with Crippen LogP contribution in [-0.2, 0) is 14.9 Å². The van der Waals surface area contributed by atoms with E-state index in [0.29, 0.717) is 0 Å². The molecule has 1 unspecified atom stereocenters. The fraction of sp³-hybridized carbons (Fsp3) is 0.0526. The van der Waals surface area contributed by atoms with Crippen LogP contribution in [0.2, 0.25) is 20.1 Å². The minimum Gasteiger partial charge on any atom is -0.508 e.